The van der Waals surface area contributed by atoms with Crippen molar-refractivity contribution in [3.05, 3.63) is 0 Å². The van der Waals surface area contributed by atoms with E-state index < -0.39 is 25.1 Å². The van der Waals surface area contributed by atoms with Gasteiger partial charge in [0.15, 0.2) is 0 Å². The highest BCUT2D eigenvalue weighted by Crippen LogP contribution is 2.46. The number of carboxylic acids is 2. The molecule has 0 saturated heterocycles. The van der Waals surface area contributed by atoms with Crippen LogP contribution in [0.4, 0.5) is 0 Å². The number of aliphatic carboxylic acids is 2. The molecule has 0 saturated carbocycles. The molecule has 0 amide bonds. The zero-order valence-corrected chi connectivity index (χ0v) is 10.8. The highest BCUT2D eigenvalue weighted by atomic mass is 28.3. The number of carboxylic acid groups (broad SMARTS) is 2. The molecule has 4 nitrogen and oxygen atoms in total. The zero-order valence-electron chi connectivity index (χ0n) is 9.83. The Balaban J connectivity index is 5.22. The van der Waals surface area contributed by atoms with Crippen molar-refractivity contribution in [3.63, 3.8) is 0 Å². The molecule has 0 aliphatic carbocycles. The second-order valence-electron chi connectivity index (χ2n) is 4.55. The molecule has 0 aromatic carbocycles. The van der Waals surface area contributed by atoms with Gasteiger partial charge in [0.05, 0.1) is 13.1 Å². The van der Waals surface area contributed by atoms with Crippen LogP contribution in [0.25, 0.3) is 0 Å². The monoisotopic (exact) mass is 232 g/mol. The summed E-state index contributed by atoms with van der Waals surface area (Å²) in [5, 5.41) is 17.3. The smallest absolute Gasteiger partial charge is 0.306 e. The van der Waals surface area contributed by atoms with Crippen LogP contribution in [-0.2, 0) is 9.59 Å². The summed E-state index contributed by atoms with van der Waals surface area (Å²) in [4.78, 5) is 22.1. The molecule has 0 aromatic heterocycles. The first kappa shape index (κ1) is 14.2. The minimum absolute atomic E-state index is 0.0149. The fourth-order valence-corrected chi connectivity index (χ4v) is 5.93. The second-order valence-corrected chi connectivity index (χ2v) is 9.63. The lowest BCUT2D eigenvalue weighted by Crippen LogP contribution is -2.48. The summed E-state index contributed by atoms with van der Waals surface area (Å²) in [5.74, 6) is -1.73. The molecular weight excluding hydrogens is 212 g/mol. The maximum Gasteiger partial charge on any atom is 0.306 e. The van der Waals surface area contributed by atoms with E-state index in [1.807, 2.05) is 26.9 Å². The Kier molecular flexibility index (Phi) is 4.52. The van der Waals surface area contributed by atoms with E-state index in [0.29, 0.717) is 12.8 Å². The lowest BCUT2D eigenvalue weighted by atomic mass is 10.0. The predicted octanol–water partition coefficient (Wildman–Crippen LogP) is 2.42. The summed E-state index contributed by atoms with van der Waals surface area (Å²) in [5.41, 5.74) is 0. The van der Waals surface area contributed by atoms with Crippen LogP contribution < -0.4 is 0 Å². The minimum Gasteiger partial charge on any atom is -0.481 e. The van der Waals surface area contributed by atoms with E-state index in [0.717, 1.165) is 0 Å². The molecule has 0 heterocycles. The predicted molar refractivity (Wildman–Crippen MR) is 60.8 cm³/mol. The summed E-state index contributed by atoms with van der Waals surface area (Å²) < 4.78 is 0. The molecule has 0 unspecified atom stereocenters. The van der Waals surface area contributed by atoms with Gasteiger partial charge in [0.1, 0.15) is 0 Å². The number of rotatable bonds is 6. The van der Waals surface area contributed by atoms with Gasteiger partial charge < -0.3 is 10.2 Å². The summed E-state index contributed by atoms with van der Waals surface area (Å²) in [6, 6.07) is 0.0149. The SMILES string of the molecule is CCC(CC)(C(=O)O)[Si](C)(C)CC(=O)O. The Hall–Kier alpha value is -0.843. The van der Waals surface area contributed by atoms with E-state index in [9.17, 15) is 14.7 Å². The molecule has 0 aromatic rings. The van der Waals surface area contributed by atoms with Gasteiger partial charge in [-0.2, -0.15) is 0 Å². The Bertz CT molecular complexity index is 256. The zero-order chi connectivity index (χ0) is 12.3. The Morgan fingerprint density at radius 2 is 1.53 bits per heavy atom. The molecule has 88 valence electrons. The van der Waals surface area contributed by atoms with Crippen molar-refractivity contribution in [1.82, 2.24) is 0 Å². The summed E-state index contributed by atoms with van der Waals surface area (Å²) in [6.07, 6.45) is 1.01. The Morgan fingerprint density at radius 1 is 1.13 bits per heavy atom. The minimum atomic E-state index is -2.31. The largest absolute Gasteiger partial charge is 0.481 e. The second kappa shape index (κ2) is 4.79. The van der Waals surface area contributed by atoms with Crippen LogP contribution in [0.1, 0.15) is 26.7 Å². The quantitative estimate of drug-likeness (QED) is 0.690. The highest BCUT2D eigenvalue weighted by Gasteiger charge is 2.50. The van der Waals surface area contributed by atoms with E-state index in [1.54, 1.807) is 0 Å². The fraction of sp³-hybridized carbons (Fsp3) is 0.800. The maximum absolute atomic E-state index is 11.4. The maximum atomic E-state index is 11.4. The Labute approximate surface area is 91.3 Å². The van der Waals surface area contributed by atoms with Crippen LogP contribution in [0.15, 0.2) is 0 Å². The first-order valence-corrected chi connectivity index (χ1v) is 8.39. The van der Waals surface area contributed by atoms with E-state index >= 15 is 0 Å². The lowest BCUT2D eigenvalue weighted by Gasteiger charge is -2.40. The van der Waals surface area contributed by atoms with Crippen molar-refractivity contribution in [3.8, 4) is 0 Å². The van der Waals surface area contributed by atoms with Crippen LogP contribution in [0, 0.1) is 0 Å². The highest BCUT2D eigenvalue weighted by molar-refractivity contribution is 6.85. The van der Waals surface area contributed by atoms with Crippen LogP contribution in [0.5, 0.6) is 0 Å². The van der Waals surface area contributed by atoms with Crippen LogP contribution in [0.3, 0.4) is 0 Å². The average Bonchev–Trinajstić information content (AvgIpc) is 2.03. The van der Waals surface area contributed by atoms with Gasteiger partial charge >= 0.3 is 11.9 Å². The molecule has 0 radical (unpaired) electrons. The molecular formula is C10H20O4Si. The third-order valence-corrected chi connectivity index (χ3v) is 8.20. The molecule has 0 aliphatic heterocycles. The number of carbonyl (C=O) groups is 2. The van der Waals surface area contributed by atoms with Gasteiger partial charge in [-0.1, -0.05) is 26.9 Å². The van der Waals surface area contributed by atoms with Crippen molar-refractivity contribution >= 4 is 20.0 Å². The number of hydrogen-bond acceptors (Lipinski definition) is 2. The van der Waals surface area contributed by atoms with Gasteiger partial charge in [0.25, 0.3) is 0 Å². The van der Waals surface area contributed by atoms with E-state index in [1.165, 1.54) is 0 Å². The fourth-order valence-electron chi connectivity index (χ4n) is 2.35. The lowest BCUT2D eigenvalue weighted by molar-refractivity contribution is -0.141. The molecule has 2 N–H and O–H groups in total. The molecule has 0 rings (SSSR count). The van der Waals surface area contributed by atoms with Crippen LogP contribution in [-0.4, -0.2) is 30.2 Å². The third kappa shape index (κ3) is 2.59. The van der Waals surface area contributed by atoms with Gasteiger partial charge in [-0.05, 0) is 12.8 Å². The van der Waals surface area contributed by atoms with Crippen molar-refractivity contribution in [1.29, 1.82) is 0 Å². The number of hydrogen-bond donors (Lipinski definition) is 2. The van der Waals surface area contributed by atoms with Gasteiger partial charge in [0, 0.05) is 6.04 Å². The first-order chi connectivity index (χ1) is 6.73. The topological polar surface area (TPSA) is 74.6 Å². The average molecular weight is 232 g/mol. The first-order valence-electron chi connectivity index (χ1n) is 5.18. The van der Waals surface area contributed by atoms with Gasteiger partial charge in [-0.3, -0.25) is 9.59 Å². The molecule has 0 bridgehead atoms. The van der Waals surface area contributed by atoms with E-state index in [-0.39, 0.29) is 6.04 Å². The van der Waals surface area contributed by atoms with Crippen molar-refractivity contribution in [2.24, 2.45) is 0 Å². The molecule has 5 heteroatoms. The molecule has 0 spiro atoms. The summed E-state index contributed by atoms with van der Waals surface area (Å²) >= 11 is 0. The molecule has 0 atom stereocenters. The summed E-state index contributed by atoms with van der Waals surface area (Å²) in [6.45, 7) is 7.35. The molecule has 15 heavy (non-hydrogen) atoms. The Morgan fingerprint density at radius 3 is 1.73 bits per heavy atom. The third-order valence-electron chi connectivity index (χ3n) is 3.51. The van der Waals surface area contributed by atoms with Crippen molar-refractivity contribution in [2.75, 3.05) is 0 Å². The van der Waals surface area contributed by atoms with Crippen molar-refractivity contribution in [2.45, 2.75) is 50.9 Å². The van der Waals surface area contributed by atoms with Gasteiger partial charge in [0.2, 0.25) is 0 Å². The normalized spacial score (nSPS) is 12.5. The van der Waals surface area contributed by atoms with E-state index in [2.05, 4.69) is 0 Å². The standard InChI is InChI=1S/C10H20O4Si/c1-5-10(6-2,9(13)14)15(3,4)7-8(11)12/h5-7H2,1-4H3,(H,11,12)(H,13,14). The van der Waals surface area contributed by atoms with E-state index in [4.69, 9.17) is 5.11 Å². The molecule has 0 fully saturated rings. The van der Waals surface area contributed by atoms with Gasteiger partial charge in [-0.25, -0.2) is 0 Å². The van der Waals surface area contributed by atoms with Crippen LogP contribution >= 0.6 is 0 Å². The molecule has 0 aliphatic rings. The summed E-state index contributed by atoms with van der Waals surface area (Å²) in [7, 11) is -2.31. The van der Waals surface area contributed by atoms with Crippen molar-refractivity contribution < 1.29 is 19.8 Å². The van der Waals surface area contributed by atoms with Crippen LogP contribution in [0.2, 0.25) is 24.2 Å². The van der Waals surface area contributed by atoms with Gasteiger partial charge in [-0.15, -0.1) is 0 Å².